The number of nitrogens with one attached hydrogen (secondary N) is 2. The van der Waals surface area contributed by atoms with Gasteiger partial charge in [-0.15, -0.1) is 0 Å². The lowest BCUT2D eigenvalue weighted by Gasteiger charge is -2.06. The smallest absolute Gasteiger partial charge is 0.229 e. The highest BCUT2D eigenvalue weighted by Gasteiger charge is 2.04. The van der Waals surface area contributed by atoms with Gasteiger partial charge in [-0.25, -0.2) is 19.9 Å². The van der Waals surface area contributed by atoms with Gasteiger partial charge in [-0.1, -0.05) is 0 Å². The van der Waals surface area contributed by atoms with Crippen molar-refractivity contribution in [2.45, 2.75) is 26.7 Å². The van der Waals surface area contributed by atoms with Gasteiger partial charge in [0.15, 0.2) is 0 Å². The van der Waals surface area contributed by atoms with Gasteiger partial charge in [-0.3, -0.25) is 10.1 Å². The molecule has 2 N–H and O–H groups in total. The Morgan fingerprint density at radius 1 is 1.10 bits per heavy atom. The summed E-state index contributed by atoms with van der Waals surface area (Å²) in [6, 6.07) is 3.61. The van der Waals surface area contributed by atoms with Crippen LogP contribution < -0.4 is 10.6 Å². The fourth-order valence-corrected chi connectivity index (χ4v) is 1.80. The molecule has 0 aromatic carbocycles. The first-order chi connectivity index (χ1) is 10.1. The van der Waals surface area contributed by atoms with Crippen LogP contribution in [0.4, 0.5) is 11.9 Å². The van der Waals surface area contributed by atoms with E-state index in [4.69, 9.17) is 0 Å². The maximum atomic E-state index is 11.7. The van der Waals surface area contributed by atoms with Crippen LogP contribution in [0, 0.1) is 13.8 Å². The van der Waals surface area contributed by atoms with Gasteiger partial charge < -0.3 is 5.32 Å². The van der Waals surface area contributed by atoms with Crippen molar-refractivity contribution in [1.29, 1.82) is 0 Å². The Balaban J connectivity index is 1.71. The minimum atomic E-state index is -0.107. The van der Waals surface area contributed by atoms with Crippen LogP contribution in [0.5, 0.6) is 0 Å². The number of aromatic nitrogens is 4. The predicted molar refractivity (Wildman–Crippen MR) is 79.9 cm³/mol. The van der Waals surface area contributed by atoms with Crippen LogP contribution in [-0.2, 0) is 4.79 Å². The number of hydrogen-bond acceptors (Lipinski definition) is 6. The van der Waals surface area contributed by atoms with Crippen molar-refractivity contribution in [2.24, 2.45) is 0 Å². The van der Waals surface area contributed by atoms with Gasteiger partial charge in [0.2, 0.25) is 17.8 Å². The quantitative estimate of drug-likeness (QED) is 0.785. The predicted octanol–water partition coefficient (Wildman–Crippen LogP) is 1.71. The van der Waals surface area contributed by atoms with E-state index in [0.717, 1.165) is 11.4 Å². The maximum absolute atomic E-state index is 11.7. The Labute approximate surface area is 123 Å². The Bertz CT molecular complexity index is 581. The second-order valence-electron chi connectivity index (χ2n) is 4.63. The Morgan fingerprint density at radius 2 is 1.76 bits per heavy atom. The average molecular weight is 286 g/mol. The lowest BCUT2D eigenvalue weighted by molar-refractivity contribution is -0.116. The lowest BCUT2D eigenvalue weighted by atomic mass is 10.3. The summed E-state index contributed by atoms with van der Waals surface area (Å²) < 4.78 is 0. The second-order valence-corrected chi connectivity index (χ2v) is 4.63. The van der Waals surface area contributed by atoms with E-state index in [9.17, 15) is 4.79 Å². The summed E-state index contributed by atoms with van der Waals surface area (Å²) in [5, 5.41) is 5.75. The summed E-state index contributed by atoms with van der Waals surface area (Å²) in [6.45, 7) is 4.48. The molecule has 2 aromatic heterocycles. The molecule has 0 bridgehead atoms. The lowest BCUT2D eigenvalue weighted by Crippen LogP contribution is -2.15. The third kappa shape index (κ3) is 5.13. The third-order valence-corrected chi connectivity index (χ3v) is 2.66. The molecule has 110 valence electrons. The first-order valence-corrected chi connectivity index (χ1v) is 6.76. The van der Waals surface area contributed by atoms with Crippen LogP contribution in [0.2, 0.25) is 0 Å². The van der Waals surface area contributed by atoms with Gasteiger partial charge in [-0.2, -0.15) is 0 Å². The molecule has 2 rings (SSSR count). The van der Waals surface area contributed by atoms with E-state index in [1.807, 2.05) is 19.9 Å². The molecule has 1 amide bonds. The van der Waals surface area contributed by atoms with Crippen LogP contribution in [0.25, 0.3) is 0 Å². The number of carbonyl (C=O) groups excluding carboxylic acids is 1. The van der Waals surface area contributed by atoms with Crippen molar-refractivity contribution in [1.82, 2.24) is 19.9 Å². The van der Waals surface area contributed by atoms with E-state index in [1.165, 1.54) is 0 Å². The van der Waals surface area contributed by atoms with Crippen LogP contribution in [0.3, 0.4) is 0 Å². The molecule has 7 nitrogen and oxygen atoms in total. The topological polar surface area (TPSA) is 92.7 Å². The van der Waals surface area contributed by atoms with Gasteiger partial charge in [0, 0.05) is 36.7 Å². The van der Waals surface area contributed by atoms with E-state index in [0.29, 0.717) is 31.3 Å². The molecule has 0 aliphatic rings. The summed E-state index contributed by atoms with van der Waals surface area (Å²) in [6.07, 6.45) is 4.23. The van der Waals surface area contributed by atoms with E-state index >= 15 is 0 Å². The van der Waals surface area contributed by atoms with Crippen molar-refractivity contribution >= 4 is 17.8 Å². The minimum Gasteiger partial charge on any atom is -0.354 e. The third-order valence-electron chi connectivity index (χ3n) is 2.66. The zero-order chi connectivity index (χ0) is 15.1. The van der Waals surface area contributed by atoms with Gasteiger partial charge in [-0.05, 0) is 32.4 Å². The van der Waals surface area contributed by atoms with E-state index in [1.54, 1.807) is 18.5 Å². The molecule has 0 aliphatic heterocycles. The van der Waals surface area contributed by atoms with Crippen molar-refractivity contribution in [3.05, 3.63) is 35.9 Å². The first-order valence-electron chi connectivity index (χ1n) is 6.76. The zero-order valence-corrected chi connectivity index (χ0v) is 12.1. The highest BCUT2D eigenvalue weighted by Crippen LogP contribution is 2.04. The molecule has 2 heterocycles. The molecule has 0 unspecified atom stereocenters. The van der Waals surface area contributed by atoms with Crippen LogP contribution in [0.15, 0.2) is 24.5 Å². The molecule has 21 heavy (non-hydrogen) atoms. The van der Waals surface area contributed by atoms with E-state index in [-0.39, 0.29) is 5.91 Å². The Hall–Kier alpha value is -2.57. The molecule has 0 aliphatic carbocycles. The van der Waals surface area contributed by atoms with Gasteiger partial charge in [0.25, 0.3) is 0 Å². The molecule has 0 atom stereocenters. The summed E-state index contributed by atoms with van der Waals surface area (Å²) in [5.74, 6) is 0.816. The fraction of sp³-hybridized carbons (Fsp3) is 0.357. The molecule has 0 fully saturated rings. The number of amides is 1. The minimum absolute atomic E-state index is 0.107. The summed E-state index contributed by atoms with van der Waals surface area (Å²) in [7, 11) is 0. The van der Waals surface area contributed by atoms with Crippen molar-refractivity contribution in [2.75, 3.05) is 17.2 Å². The zero-order valence-electron chi connectivity index (χ0n) is 12.1. The van der Waals surface area contributed by atoms with Gasteiger partial charge in [0.05, 0.1) is 0 Å². The Morgan fingerprint density at radius 3 is 2.43 bits per heavy atom. The highest BCUT2D eigenvalue weighted by molar-refractivity contribution is 5.88. The second kappa shape index (κ2) is 7.28. The van der Waals surface area contributed by atoms with Crippen molar-refractivity contribution in [3.8, 4) is 0 Å². The number of hydrogen-bond donors (Lipinski definition) is 2. The molecule has 0 spiro atoms. The number of aryl methyl sites for hydroxylation is 2. The Kier molecular flexibility index (Phi) is 5.14. The first kappa shape index (κ1) is 14.8. The van der Waals surface area contributed by atoms with Crippen molar-refractivity contribution in [3.63, 3.8) is 0 Å². The molecule has 7 heteroatoms. The number of anilines is 2. The summed E-state index contributed by atoms with van der Waals surface area (Å²) in [5.41, 5.74) is 1.84. The fourth-order valence-electron chi connectivity index (χ4n) is 1.80. The standard InChI is InChI=1S/C14H18N6O/c1-10-9-11(2)19-14(18-10)17-6-3-5-12(21)20-13-15-7-4-8-16-13/h4,7-9H,3,5-6H2,1-2H3,(H,17,18,19)(H,15,16,20,21). The summed E-state index contributed by atoms with van der Waals surface area (Å²) >= 11 is 0. The average Bonchev–Trinajstić information content (AvgIpc) is 2.44. The molecule has 2 aromatic rings. The maximum Gasteiger partial charge on any atom is 0.229 e. The van der Waals surface area contributed by atoms with E-state index < -0.39 is 0 Å². The highest BCUT2D eigenvalue weighted by atomic mass is 16.1. The molecule has 0 saturated heterocycles. The molecular weight excluding hydrogens is 268 g/mol. The van der Waals surface area contributed by atoms with Crippen LogP contribution >= 0.6 is 0 Å². The molecular formula is C14H18N6O. The number of carbonyl (C=O) groups is 1. The molecule has 0 saturated carbocycles. The van der Waals surface area contributed by atoms with Crippen LogP contribution in [-0.4, -0.2) is 32.4 Å². The van der Waals surface area contributed by atoms with E-state index in [2.05, 4.69) is 30.6 Å². The normalized spacial score (nSPS) is 10.2. The summed E-state index contributed by atoms with van der Waals surface area (Å²) in [4.78, 5) is 28.1. The number of nitrogens with zero attached hydrogens (tertiary/aromatic N) is 4. The molecule has 0 radical (unpaired) electrons. The van der Waals surface area contributed by atoms with Gasteiger partial charge >= 0.3 is 0 Å². The van der Waals surface area contributed by atoms with Gasteiger partial charge in [0.1, 0.15) is 0 Å². The number of rotatable bonds is 6. The SMILES string of the molecule is Cc1cc(C)nc(NCCCC(=O)Nc2ncccn2)n1. The van der Waals surface area contributed by atoms with Crippen molar-refractivity contribution < 1.29 is 4.79 Å². The monoisotopic (exact) mass is 286 g/mol. The largest absolute Gasteiger partial charge is 0.354 e. The van der Waals surface area contributed by atoms with Crippen LogP contribution in [0.1, 0.15) is 24.2 Å².